The van der Waals surface area contributed by atoms with E-state index in [-0.39, 0.29) is 12.6 Å². The Morgan fingerprint density at radius 2 is 1.78 bits per heavy atom. The van der Waals surface area contributed by atoms with Crippen molar-refractivity contribution in [1.82, 2.24) is 0 Å². The number of carbonyl (C=O) groups excluding carboxylic acids is 2. The van der Waals surface area contributed by atoms with E-state index in [4.69, 9.17) is 14.2 Å². The number of benzene rings is 2. The predicted octanol–water partition coefficient (Wildman–Crippen LogP) is 3.24. The van der Waals surface area contributed by atoms with Gasteiger partial charge in [-0.1, -0.05) is 6.07 Å². The van der Waals surface area contributed by atoms with Gasteiger partial charge >= 0.3 is 5.97 Å². The van der Waals surface area contributed by atoms with Crippen LogP contribution in [0, 0.1) is 0 Å². The van der Waals surface area contributed by atoms with Crippen LogP contribution in [0.2, 0.25) is 0 Å². The van der Waals surface area contributed by atoms with Gasteiger partial charge in [0.15, 0.2) is 17.3 Å². The van der Waals surface area contributed by atoms with Crippen LogP contribution in [0.15, 0.2) is 48.5 Å². The molecule has 1 aliphatic rings. The van der Waals surface area contributed by atoms with E-state index in [0.29, 0.717) is 22.8 Å². The number of ether oxygens (including phenoxy) is 3. The molecule has 2 aromatic carbocycles. The van der Waals surface area contributed by atoms with Gasteiger partial charge in [0.1, 0.15) is 5.75 Å². The Labute approximate surface area is 133 Å². The molecule has 116 valence electrons. The van der Waals surface area contributed by atoms with Crippen molar-refractivity contribution in [2.75, 3.05) is 6.79 Å². The number of esters is 1. The quantitative estimate of drug-likeness (QED) is 0.375. The zero-order valence-corrected chi connectivity index (χ0v) is 12.4. The van der Waals surface area contributed by atoms with Crippen LogP contribution in [0.3, 0.4) is 0 Å². The molecule has 0 radical (unpaired) electrons. The van der Waals surface area contributed by atoms with Crippen molar-refractivity contribution in [3.05, 3.63) is 59.7 Å². The standard InChI is InChI=1S/C18H14O5/c1-12(19)14-4-6-15(7-5-14)23-18(20)9-3-13-2-8-16-17(10-13)22-11-21-16/h2-10H,11H2,1H3/b9-3+. The molecule has 0 bridgehead atoms. The zero-order chi connectivity index (χ0) is 16.2. The second-order valence-corrected chi connectivity index (χ2v) is 4.95. The molecule has 0 fully saturated rings. The lowest BCUT2D eigenvalue weighted by atomic mass is 10.1. The maximum atomic E-state index is 11.8. The highest BCUT2D eigenvalue weighted by Gasteiger charge is 2.12. The molecule has 3 rings (SSSR count). The van der Waals surface area contributed by atoms with Crippen LogP contribution in [0.5, 0.6) is 17.2 Å². The first kappa shape index (κ1) is 14.8. The summed E-state index contributed by atoms with van der Waals surface area (Å²) in [7, 11) is 0. The summed E-state index contributed by atoms with van der Waals surface area (Å²) in [5.41, 5.74) is 1.37. The number of hydrogen-bond donors (Lipinski definition) is 0. The van der Waals surface area contributed by atoms with Gasteiger partial charge in [0.25, 0.3) is 0 Å². The molecule has 0 aromatic heterocycles. The second kappa shape index (κ2) is 6.36. The predicted molar refractivity (Wildman–Crippen MR) is 83.7 cm³/mol. The summed E-state index contributed by atoms with van der Waals surface area (Å²) < 4.78 is 15.7. The highest BCUT2D eigenvalue weighted by molar-refractivity contribution is 5.94. The molecule has 0 saturated heterocycles. The summed E-state index contributed by atoms with van der Waals surface area (Å²) in [4.78, 5) is 23.0. The molecule has 2 aromatic rings. The van der Waals surface area contributed by atoms with Crippen molar-refractivity contribution in [2.24, 2.45) is 0 Å². The van der Waals surface area contributed by atoms with Crippen LogP contribution in [0.25, 0.3) is 6.08 Å². The van der Waals surface area contributed by atoms with E-state index in [1.54, 1.807) is 42.5 Å². The Hall–Kier alpha value is -3.08. The molecule has 5 nitrogen and oxygen atoms in total. The van der Waals surface area contributed by atoms with Crippen LogP contribution >= 0.6 is 0 Å². The monoisotopic (exact) mass is 310 g/mol. The number of fused-ring (bicyclic) bond motifs is 1. The molecule has 1 aliphatic heterocycles. The summed E-state index contributed by atoms with van der Waals surface area (Å²) >= 11 is 0. The molecule has 0 saturated carbocycles. The van der Waals surface area contributed by atoms with Gasteiger partial charge in [-0.25, -0.2) is 4.79 Å². The van der Waals surface area contributed by atoms with E-state index in [1.807, 2.05) is 6.07 Å². The Morgan fingerprint density at radius 3 is 2.52 bits per heavy atom. The van der Waals surface area contributed by atoms with E-state index in [9.17, 15) is 9.59 Å². The molecule has 0 unspecified atom stereocenters. The minimum absolute atomic E-state index is 0.0365. The van der Waals surface area contributed by atoms with E-state index in [2.05, 4.69) is 0 Å². The summed E-state index contributed by atoms with van der Waals surface area (Å²) in [5, 5.41) is 0. The fourth-order valence-electron chi connectivity index (χ4n) is 2.09. The van der Waals surface area contributed by atoms with E-state index >= 15 is 0 Å². The van der Waals surface area contributed by atoms with Crippen molar-refractivity contribution in [3.63, 3.8) is 0 Å². The topological polar surface area (TPSA) is 61.8 Å². The van der Waals surface area contributed by atoms with E-state index in [1.165, 1.54) is 13.0 Å². The largest absolute Gasteiger partial charge is 0.454 e. The lowest BCUT2D eigenvalue weighted by Crippen LogP contribution is -2.03. The average Bonchev–Trinajstić information content (AvgIpc) is 3.01. The molecule has 5 heteroatoms. The maximum Gasteiger partial charge on any atom is 0.336 e. The molecular weight excluding hydrogens is 296 g/mol. The van der Waals surface area contributed by atoms with Crippen LogP contribution < -0.4 is 14.2 Å². The van der Waals surface area contributed by atoms with Gasteiger partial charge in [0, 0.05) is 11.6 Å². The minimum Gasteiger partial charge on any atom is -0.454 e. The number of Topliss-reactive ketones (excluding diaryl/α,β-unsaturated/α-hetero) is 1. The molecule has 0 N–H and O–H groups in total. The first-order valence-corrected chi connectivity index (χ1v) is 7.02. The SMILES string of the molecule is CC(=O)c1ccc(OC(=O)/C=C/c2ccc3c(c2)OCO3)cc1. The Balaban J connectivity index is 1.63. The van der Waals surface area contributed by atoms with Crippen molar-refractivity contribution in [2.45, 2.75) is 6.92 Å². The number of carbonyl (C=O) groups is 2. The van der Waals surface area contributed by atoms with Gasteiger partial charge in [0.2, 0.25) is 6.79 Å². The minimum atomic E-state index is -0.502. The molecule has 0 aliphatic carbocycles. The zero-order valence-electron chi connectivity index (χ0n) is 12.4. The van der Waals surface area contributed by atoms with Gasteiger partial charge in [-0.15, -0.1) is 0 Å². The van der Waals surface area contributed by atoms with Crippen molar-refractivity contribution >= 4 is 17.8 Å². The third-order valence-corrected chi connectivity index (χ3v) is 3.29. The normalized spacial score (nSPS) is 12.4. The Kier molecular flexibility index (Phi) is 4.10. The van der Waals surface area contributed by atoms with Gasteiger partial charge in [-0.2, -0.15) is 0 Å². The van der Waals surface area contributed by atoms with Gasteiger partial charge < -0.3 is 14.2 Å². The van der Waals surface area contributed by atoms with Crippen LogP contribution in [-0.4, -0.2) is 18.5 Å². The maximum absolute atomic E-state index is 11.8. The van der Waals surface area contributed by atoms with Gasteiger partial charge in [-0.05, 0) is 55.0 Å². The average molecular weight is 310 g/mol. The third kappa shape index (κ3) is 3.58. The van der Waals surface area contributed by atoms with E-state index in [0.717, 1.165) is 5.56 Å². The van der Waals surface area contributed by atoms with Gasteiger partial charge in [0.05, 0.1) is 0 Å². The molecule has 0 amide bonds. The first-order valence-electron chi connectivity index (χ1n) is 7.02. The number of ketones is 1. The Morgan fingerprint density at radius 1 is 1.04 bits per heavy atom. The van der Waals surface area contributed by atoms with Crippen LogP contribution in [-0.2, 0) is 4.79 Å². The summed E-state index contributed by atoms with van der Waals surface area (Å²) in [6, 6.07) is 11.8. The number of hydrogen-bond acceptors (Lipinski definition) is 5. The lowest BCUT2D eigenvalue weighted by molar-refractivity contribution is -0.128. The molecule has 1 heterocycles. The summed E-state index contributed by atoms with van der Waals surface area (Å²) in [6.45, 7) is 1.69. The summed E-state index contributed by atoms with van der Waals surface area (Å²) in [5.74, 6) is 1.19. The van der Waals surface area contributed by atoms with Crippen molar-refractivity contribution in [1.29, 1.82) is 0 Å². The van der Waals surface area contributed by atoms with Crippen LogP contribution in [0.4, 0.5) is 0 Å². The molecule has 23 heavy (non-hydrogen) atoms. The van der Waals surface area contributed by atoms with Crippen molar-refractivity contribution in [3.8, 4) is 17.2 Å². The first-order chi connectivity index (χ1) is 11.1. The fraction of sp³-hybridized carbons (Fsp3) is 0.111. The van der Waals surface area contributed by atoms with E-state index < -0.39 is 5.97 Å². The highest BCUT2D eigenvalue weighted by atomic mass is 16.7. The van der Waals surface area contributed by atoms with Crippen molar-refractivity contribution < 1.29 is 23.8 Å². The molecule has 0 spiro atoms. The second-order valence-electron chi connectivity index (χ2n) is 4.95. The van der Waals surface area contributed by atoms with Crippen LogP contribution in [0.1, 0.15) is 22.8 Å². The Bertz CT molecular complexity index is 774. The summed E-state index contributed by atoms with van der Waals surface area (Å²) in [6.07, 6.45) is 2.96. The number of rotatable bonds is 4. The third-order valence-electron chi connectivity index (χ3n) is 3.29. The molecule has 0 atom stereocenters. The molecular formula is C18H14O5. The highest BCUT2D eigenvalue weighted by Crippen LogP contribution is 2.32. The lowest BCUT2D eigenvalue weighted by Gasteiger charge is -2.02. The van der Waals surface area contributed by atoms with Gasteiger partial charge in [-0.3, -0.25) is 4.79 Å². The fourth-order valence-corrected chi connectivity index (χ4v) is 2.09. The smallest absolute Gasteiger partial charge is 0.336 e.